The Kier molecular flexibility index (Phi) is 3.08. The molecule has 2 rings (SSSR count). The fraction of sp³-hybridized carbons (Fsp3) is 0.333. The van der Waals surface area contributed by atoms with Crippen LogP contribution in [-0.4, -0.2) is 26.9 Å². The van der Waals surface area contributed by atoms with Crippen molar-refractivity contribution >= 4 is 39.1 Å². The molecule has 0 saturated heterocycles. The molecule has 80 valence electrons. The van der Waals surface area contributed by atoms with Gasteiger partial charge in [-0.1, -0.05) is 11.8 Å². The predicted octanol–water partition coefficient (Wildman–Crippen LogP) is 1.75. The molecule has 0 aliphatic carbocycles. The summed E-state index contributed by atoms with van der Waals surface area (Å²) >= 11 is 2.96. The van der Waals surface area contributed by atoms with Gasteiger partial charge >= 0.3 is 0 Å². The third-order valence-electron chi connectivity index (χ3n) is 1.79. The van der Waals surface area contributed by atoms with Crippen LogP contribution in [0.1, 0.15) is 6.92 Å². The van der Waals surface area contributed by atoms with Gasteiger partial charge in [-0.2, -0.15) is 0 Å². The molecule has 0 fully saturated rings. The van der Waals surface area contributed by atoms with Gasteiger partial charge in [0.05, 0.1) is 11.5 Å². The van der Waals surface area contributed by atoms with E-state index in [1.165, 1.54) is 11.8 Å². The molecule has 0 aliphatic rings. The molecule has 2 aromatic rings. The van der Waals surface area contributed by atoms with E-state index < -0.39 is 0 Å². The van der Waals surface area contributed by atoms with Crippen molar-refractivity contribution in [2.45, 2.75) is 18.2 Å². The monoisotopic (exact) mass is 241 g/mol. The number of nitrogen functional groups attached to an aromatic ring is 1. The van der Waals surface area contributed by atoms with Crippen molar-refractivity contribution in [3.8, 4) is 0 Å². The maximum Gasteiger partial charge on any atom is 0.190 e. The highest BCUT2D eigenvalue weighted by molar-refractivity contribution is 7.99. The minimum Gasteiger partial charge on any atom is -0.393 e. The molecule has 6 heteroatoms. The van der Waals surface area contributed by atoms with E-state index in [1.807, 2.05) is 11.4 Å². The van der Waals surface area contributed by atoms with Crippen LogP contribution in [0.5, 0.6) is 0 Å². The fourth-order valence-corrected chi connectivity index (χ4v) is 2.66. The van der Waals surface area contributed by atoms with Crippen LogP contribution >= 0.6 is 23.1 Å². The average Bonchev–Trinajstić information content (AvgIpc) is 2.63. The van der Waals surface area contributed by atoms with Crippen molar-refractivity contribution in [2.24, 2.45) is 0 Å². The Morgan fingerprint density at radius 3 is 3.13 bits per heavy atom. The third kappa shape index (κ3) is 2.39. The lowest BCUT2D eigenvalue weighted by Crippen LogP contribution is -2.04. The maximum absolute atomic E-state index is 9.15. The Bertz CT molecular complexity index is 469. The summed E-state index contributed by atoms with van der Waals surface area (Å²) in [6, 6.07) is 1.92. The Hall–Kier alpha value is -0.850. The predicted molar refractivity (Wildman–Crippen MR) is 64.2 cm³/mol. The summed E-state index contributed by atoms with van der Waals surface area (Å²) in [5.41, 5.74) is 5.79. The highest BCUT2D eigenvalue weighted by Crippen LogP contribution is 2.26. The SMILES string of the molecule is CC(O)CSc1nc(N)c2ccsc2n1. The molecule has 2 aromatic heterocycles. The Labute approximate surface area is 95.5 Å². The number of hydrogen-bond acceptors (Lipinski definition) is 6. The first-order valence-corrected chi connectivity index (χ1v) is 6.35. The van der Waals surface area contributed by atoms with E-state index in [0.29, 0.717) is 16.7 Å². The van der Waals surface area contributed by atoms with E-state index in [9.17, 15) is 0 Å². The summed E-state index contributed by atoms with van der Waals surface area (Å²) in [7, 11) is 0. The summed E-state index contributed by atoms with van der Waals surface area (Å²) in [6.45, 7) is 1.74. The zero-order chi connectivity index (χ0) is 10.8. The van der Waals surface area contributed by atoms with Gasteiger partial charge in [0, 0.05) is 5.75 Å². The van der Waals surface area contributed by atoms with Crippen LogP contribution in [-0.2, 0) is 0 Å². The standard InChI is InChI=1S/C9H11N3OS2/c1-5(13)4-15-9-11-7(10)6-2-3-14-8(6)12-9/h2-3,5,13H,4H2,1H3,(H2,10,11,12). The summed E-state index contributed by atoms with van der Waals surface area (Å²) in [5, 5.41) is 12.6. The number of hydrogen-bond donors (Lipinski definition) is 2. The first-order chi connectivity index (χ1) is 7.16. The molecule has 1 atom stereocenters. The second kappa shape index (κ2) is 4.34. The summed E-state index contributed by atoms with van der Waals surface area (Å²) in [4.78, 5) is 9.42. The minimum atomic E-state index is -0.362. The Balaban J connectivity index is 2.28. The summed E-state index contributed by atoms with van der Waals surface area (Å²) in [6.07, 6.45) is -0.362. The molecule has 15 heavy (non-hydrogen) atoms. The van der Waals surface area contributed by atoms with Gasteiger partial charge in [0.25, 0.3) is 0 Å². The molecule has 0 bridgehead atoms. The zero-order valence-corrected chi connectivity index (χ0v) is 9.81. The Morgan fingerprint density at radius 1 is 1.60 bits per heavy atom. The quantitative estimate of drug-likeness (QED) is 0.632. The number of nitrogens with two attached hydrogens (primary N) is 1. The molecule has 0 aromatic carbocycles. The number of fused-ring (bicyclic) bond motifs is 1. The van der Waals surface area contributed by atoms with Gasteiger partial charge in [-0.15, -0.1) is 11.3 Å². The topological polar surface area (TPSA) is 72.0 Å². The lowest BCUT2D eigenvalue weighted by molar-refractivity contribution is 0.220. The number of nitrogens with zero attached hydrogens (tertiary/aromatic N) is 2. The van der Waals surface area contributed by atoms with Gasteiger partial charge in [0.15, 0.2) is 5.16 Å². The fourth-order valence-electron chi connectivity index (χ4n) is 1.12. The zero-order valence-electron chi connectivity index (χ0n) is 8.17. The largest absolute Gasteiger partial charge is 0.393 e. The molecular weight excluding hydrogens is 230 g/mol. The lowest BCUT2D eigenvalue weighted by Gasteiger charge is -2.03. The molecule has 0 saturated carbocycles. The van der Waals surface area contributed by atoms with E-state index in [0.717, 1.165) is 10.2 Å². The molecule has 1 unspecified atom stereocenters. The van der Waals surface area contributed by atoms with Crippen molar-refractivity contribution in [3.63, 3.8) is 0 Å². The number of aliphatic hydroxyl groups is 1. The van der Waals surface area contributed by atoms with Crippen LogP contribution < -0.4 is 5.73 Å². The van der Waals surface area contributed by atoms with E-state index >= 15 is 0 Å². The van der Waals surface area contributed by atoms with Crippen molar-refractivity contribution in [1.29, 1.82) is 0 Å². The smallest absolute Gasteiger partial charge is 0.190 e. The number of thiophene rings is 1. The van der Waals surface area contributed by atoms with E-state index in [1.54, 1.807) is 18.3 Å². The molecular formula is C9H11N3OS2. The molecule has 0 spiro atoms. The van der Waals surface area contributed by atoms with Gasteiger partial charge in [0.1, 0.15) is 10.6 Å². The molecule has 0 aliphatic heterocycles. The van der Waals surface area contributed by atoms with Gasteiger partial charge in [-0.05, 0) is 18.4 Å². The van der Waals surface area contributed by atoms with Crippen molar-refractivity contribution in [3.05, 3.63) is 11.4 Å². The highest BCUT2D eigenvalue weighted by atomic mass is 32.2. The molecule has 0 amide bonds. The third-order valence-corrected chi connectivity index (χ3v) is 3.68. The van der Waals surface area contributed by atoms with Crippen LogP contribution in [0.15, 0.2) is 16.6 Å². The van der Waals surface area contributed by atoms with Crippen LogP contribution in [0.3, 0.4) is 0 Å². The number of thioether (sulfide) groups is 1. The first-order valence-electron chi connectivity index (χ1n) is 4.48. The summed E-state index contributed by atoms with van der Waals surface area (Å²) < 4.78 is 0. The number of anilines is 1. The number of aliphatic hydroxyl groups excluding tert-OH is 1. The molecule has 4 nitrogen and oxygen atoms in total. The van der Waals surface area contributed by atoms with Crippen molar-refractivity contribution in [2.75, 3.05) is 11.5 Å². The normalized spacial score (nSPS) is 13.2. The summed E-state index contributed by atoms with van der Waals surface area (Å²) in [5.74, 6) is 1.09. The van der Waals surface area contributed by atoms with Crippen LogP contribution in [0.4, 0.5) is 5.82 Å². The molecule has 3 N–H and O–H groups in total. The second-order valence-corrected chi connectivity index (χ2v) is 5.07. The highest BCUT2D eigenvalue weighted by Gasteiger charge is 2.07. The van der Waals surface area contributed by atoms with E-state index in [2.05, 4.69) is 9.97 Å². The maximum atomic E-state index is 9.15. The number of rotatable bonds is 3. The van der Waals surface area contributed by atoms with E-state index in [4.69, 9.17) is 10.8 Å². The first kappa shape index (κ1) is 10.7. The van der Waals surface area contributed by atoms with Crippen LogP contribution in [0.2, 0.25) is 0 Å². The van der Waals surface area contributed by atoms with Gasteiger partial charge in [0.2, 0.25) is 0 Å². The van der Waals surface area contributed by atoms with Gasteiger partial charge in [-0.25, -0.2) is 9.97 Å². The molecule has 2 heterocycles. The van der Waals surface area contributed by atoms with E-state index in [-0.39, 0.29) is 6.10 Å². The van der Waals surface area contributed by atoms with Crippen LogP contribution in [0.25, 0.3) is 10.2 Å². The van der Waals surface area contributed by atoms with Gasteiger partial charge < -0.3 is 10.8 Å². The Morgan fingerprint density at radius 2 is 2.40 bits per heavy atom. The van der Waals surface area contributed by atoms with Crippen molar-refractivity contribution in [1.82, 2.24) is 9.97 Å². The van der Waals surface area contributed by atoms with Crippen molar-refractivity contribution < 1.29 is 5.11 Å². The molecule has 0 radical (unpaired) electrons. The number of aromatic nitrogens is 2. The lowest BCUT2D eigenvalue weighted by atomic mass is 10.4. The minimum absolute atomic E-state index is 0.362. The average molecular weight is 241 g/mol. The van der Waals surface area contributed by atoms with Gasteiger partial charge in [-0.3, -0.25) is 0 Å². The second-order valence-electron chi connectivity index (χ2n) is 3.19. The van der Waals surface area contributed by atoms with Crippen LogP contribution in [0, 0.1) is 0 Å².